The van der Waals surface area contributed by atoms with E-state index in [4.69, 9.17) is 0 Å². The van der Waals surface area contributed by atoms with Gasteiger partial charge in [-0.2, -0.15) is 0 Å². The third-order valence-corrected chi connectivity index (χ3v) is 11.1. The van der Waals surface area contributed by atoms with E-state index < -0.39 is 0 Å². The van der Waals surface area contributed by atoms with E-state index in [9.17, 15) is 9.59 Å². The molecule has 4 unspecified atom stereocenters. The molecule has 2 aliphatic heterocycles. The molecule has 3 heterocycles. The van der Waals surface area contributed by atoms with Crippen LogP contribution in [0.4, 0.5) is 0 Å². The molecule has 4 aliphatic rings. The lowest BCUT2D eigenvalue weighted by Gasteiger charge is -2.32. The second kappa shape index (κ2) is 16.9. The van der Waals surface area contributed by atoms with Gasteiger partial charge in [-0.15, -0.1) is 0 Å². The number of piperazine rings is 2. The number of rotatable bonds is 10. The van der Waals surface area contributed by atoms with Crippen LogP contribution in [0.3, 0.4) is 0 Å². The molecular formula is C43H53N7O2. The van der Waals surface area contributed by atoms with Crippen molar-refractivity contribution < 1.29 is 9.59 Å². The molecule has 272 valence electrons. The number of nitrogens with zero attached hydrogens (tertiary/aromatic N) is 5. The number of amides is 2. The molecule has 4 atom stereocenters. The van der Waals surface area contributed by atoms with Crippen LogP contribution in [-0.2, 0) is 9.59 Å². The maximum atomic E-state index is 12.3. The monoisotopic (exact) mass is 699 g/mol. The second-order valence-corrected chi connectivity index (χ2v) is 14.9. The summed E-state index contributed by atoms with van der Waals surface area (Å²) in [5.74, 6) is 1.54. The van der Waals surface area contributed by atoms with Gasteiger partial charge >= 0.3 is 0 Å². The summed E-state index contributed by atoms with van der Waals surface area (Å²) in [7, 11) is 4.21. The van der Waals surface area contributed by atoms with Gasteiger partial charge in [0, 0.05) is 88.7 Å². The van der Waals surface area contributed by atoms with Gasteiger partial charge < -0.3 is 30.2 Å². The second-order valence-electron chi connectivity index (χ2n) is 14.9. The highest BCUT2D eigenvalue weighted by Crippen LogP contribution is 2.42. The molecule has 52 heavy (non-hydrogen) atoms. The van der Waals surface area contributed by atoms with E-state index in [-0.39, 0.29) is 11.8 Å². The molecule has 4 aromatic rings. The van der Waals surface area contributed by atoms with Crippen molar-refractivity contribution >= 4 is 11.8 Å². The summed E-state index contributed by atoms with van der Waals surface area (Å²) in [4.78, 5) is 37.3. The van der Waals surface area contributed by atoms with Crippen LogP contribution in [0.15, 0.2) is 103 Å². The van der Waals surface area contributed by atoms with Gasteiger partial charge in [0.05, 0.1) is 13.1 Å². The van der Waals surface area contributed by atoms with Crippen molar-refractivity contribution in [3.63, 3.8) is 0 Å². The van der Waals surface area contributed by atoms with E-state index >= 15 is 0 Å². The van der Waals surface area contributed by atoms with Crippen LogP contribution >= 0.6 is 0 Å². The fourth-order valence-corrected chi connectivity index (χ4v) is 7.36. The average molecular weight is 700 g/mol. The van der Waals surface area contributed by atoms with Crippen molar-refractivity contribution in [3.8, 4) is 22.3 Å². The number of hydrogen-bond acceptors (Lipinski definition) is 7. The molecule has 4 fully saturated rings. The minimum Gasteiger partial charge on any atom is -0.339 e. The lowest BCUT2D eigenvalue weighted by atomic mass is 10.0. The predicted molar refractivity (Wildman–Crippen MR) is 208 cm³/mol. The Hall–Kier alpha value is -4.41. The largest absolute Gasteiger partial charge is 0.339 e. The number of carbonyl (C=O) groups excluding carboxylic acids is 2. The summed E-state index contributed by atoms with van der Waals surface area (Å²) in [5.41, 5.74) is 7.56. The van der Waals surface area contributed by atoms with Gasteiger partial charge in [0.15, 0.2) is 0 Å². The summed E-state index contributed by atoms with van der Waals surface area (Å²) >= 11 is 0. The zero-order chi connectivity index (χ0) is 35.9. The molecule has 2 N–H and O–H groups in total. The highest BCUT2D eigenvalue weighted by molar-refractivity contribution is 5.79. The number of pyridine rings is 1. The SMILES string of the molecule is CN1CCN(C(=O)CNC2CC2c2ccc(-c3ccccc3)cc2)CC1.CN1CCN(C(=O)CNC2CC2c2ccc(-c3cccnc3)cc2)CC1. The quantitative estimate of drug-likeness (QED) is 0.252. The summed E-state index contributed by atoms with van der Waals surface area (Å²) in [6, 6.07) is 33.0. The number of benzene rings is 3. The molecule has 0 spiro atoms. The first kappa shape index (κ1) is 36.0. The van der Waals surface area contributed by atoms with Crippen LogP contribution in [0.2, 0.25) is 0 Å². The summed E-state index contributed by atoms with van der Waals surface area (Å²) in [6.07, 6.45) is 5.92. The molecule has 0 radical (unpaired) electrons. The van der Waals surface area contributed by atoms with Crippen molar-refractivity contribution in [2.45, 2.75) is 36.8 Å². The van der Waals surface area contributed by atoms with Crippen LogP contribution in [0.25, 0.3) is 22.3 Å². The van der Waals surface area contributed by atoms with E-state index in [1.165, 1.54) is 27.8 Å². The first-order chi connectivity index (χ1) is 25.4. The molecular weight excluding hydrogens is 647 g/mol. The molecule has 8 rings (SSSR count). The Kier molecular flexibility index (Phi) is 11.7. The molecule has 2 amide bonds. The van der Waals surface area contributed by atoms with Crippen LogP contribution in [0, 0.1) is 0 Å². The highest BCUT2D eigenvalue weighted by Gasteiger charge is 2.39. The lowest BCUT2D eigenvalue weighted by Crippen LogP contribution is -2.49. The van der Waals surface area contributed by atoms with E-state index in [1.54, 1.807) is 6.20 Å². The Morgan fingerprint density at radius 3 is 1.42 bits per heavy atom. The minimum atomic E-state index is 0.232. The molecule has 1 aromatic heterocycles. The van der Waals surface area contributed by atoms with Gasteiger partial charge in [-0.3, -0.25) is 14.6 Å². The normalized spacial score (nSPS) is 23.0. The van der Waals surface area contributed by atoms with Crippen molar-refractivity contribution in [2.24, 2.45) is 0 Å². The maximum Gasteiger partial charge on any atom is 0.236 e. The molecule has 0 bridgehead atoms. The first-order valence-corrected chi connectivity index (χ1v) is 19.0. The number of hydrogen-bond donors (Lipinski definition) is 2. The van der Waals surface area contributed by atoms with Gasteiger partial charge in [0.25, 0.3) is 0 Å². The third kappa shape index (κ3) is 9.52. The Morgan fingerprint density at radius 2 is 0.981 bits per heavy atom. The number of nitrogens with one attached hydrogen (secondary N) is 2. The van der Waals surface area contributed by atoms with E-state index in [0.717, 1.165) is 70.8 Å². The van der Waals surface area contributed by atoms with Crippen molar-refractivity contribution in [2.75, 3.05) is 79.5 Å². The summed E-state index contributed by atoms with van der Waals surface area (Å²) in [6.45, 7) is 8.23. The Morgan fingerprint density at radius 1 is 0.558 bits per heavy atom. The van der Waals surface area contributed by atoms with Gasteiger partial charge in [0.2, 0.25) is 11.8 Å². The molecule has 9 heteroatoms. The third-order valence-electron chi connectivity index (χ3n) is 11.1. The first-order valence-electron chi connectivity index (χ1n) is 19.0. The lowest BCUT2D eigenvalue weighted by molar-refractivity contribution is -0.132. The number of likely N-dealkylation sites (N-methyl/N-ethyl adjacent to an activating group) is 2. The number of aromatic nitrogens is 1. The molecule has 9 nitrogen and oxygen atoms in total. The van der Waals surface area contributed by atoms with Crippen molar-refractivity contribution in [1.82, 2.24) is 35.2 Å². The Labute approximate surface area is 309 Å². The van der Waals surface area contributed by atoms with Crippen LogP contribution in [-0.4, -0.2) is 128 Å². The van der Waals surface area contributed by atoms with E-state index in [2.05, 4.69) is 118 Å². The van der Waals surface area contributed by atoms with Gasteiger partial charge in [-0.05, 0) is 66.4 Å². The van der Waals surface area contributed by atoms with Gasteiger partial charge in [-0.25, -0.2) is 0 Å². The van der Waals surface area contributed by atoms with Gasteiger partial charge in [-0.1, -0.05) is 84.9 Å². The smallest absolute Gasteiger partial charge is 0.236 e. The minimum absolute atomic E-state index is 0.232. The standard InChI is InChI=1S/C22H27N3O.C21H26N4O/c1-24-11-13-25(14-12-24)22(26)16-23-21-15-20(21)19-9-7-18(8-10-19)17-5-3-2-4-6-17;1-24-9-11-25(12-10-24)21(26)15-23-20-13-19(20)17-6-4-16(5-7-17)18-3-2-8-22-14-18/h2-10,20-21,23H,11-16H2,1H3;2-8,14,19-20,23H,9-13,15H2,1H3. The highest BCUT2D eigenvalue weighted by atomic mass is 16.2. The Balaban J connectivity index is 0.000000162. The molecule has 3 aromatic carbocycles. The average Bonchev–Trinajstić information content (AvgIpc) is 4.14. The fourth-order valence-electron chi connectivity index (χ4n) is 7.36. The molecule has 2 aliphatic carbocycles. The van der Waals surface area contributed by atoms with Crippen LogP contribution in [0.5, 0.6) is 0 Å². The van der Waals surface area contributed by atoms with Crippen molar-refractivity contribution in [3.05, 3.63) is 115 Å². The van der Waals surface area contributed by atoms with Gasteiger partial charge in [0.1, 0.15) is 0 Å². The summed E-state index contributed by atoms with van der Waals surface area (Å²) in [5, 5.41) is 6.90. The number of carbonyl (C=O) groups is 2. The topological polar surface area (TPSA) is 84.0 Å². The zero-order valence-electron chi connectivity index (χ0n) is 30.7. The van der Waals surface area contributed by atoms with E-state index in [1.807, 2.05) is 28.1 Å². The molecule has 2 saturated heterocycles. The Bertz CT molecular complexity index is 1610. The summed E-state index contributed by atoms with van der Waals surface area (Å²) < 4.78 is 0. The predicted octanol–water partition coefficient (Wildman–Crippen LogP) is 4.54. The van der Waals surface area contributed by atoms with Crippen LogP contribution < -0.4 is 10.6 Å². The molecule has 2 saturated carbocycles. The van der Waals surface area contributed by atoms with E-state index in [0.29, 0.717) is 37.0 Å². The zero-order valence-corrected chi connectivity index (χ0v) is 30.7. The maximum absolute atomic E-state index is 12.3. The van der Waals surface area contributed by atoms with Crippen molar-refractivity contribution in [1.29, 1.82) is 0 Å². The fraction of sp³-hybridized carbons (Fsp3) is 0.419. The van der Waals surface area contributed by atoms with Crippen LogP contribution in [0.1, 0.15) is 35.8 Å².